The van der Waals surface area contributed by atoms with Crippen molar-refractivity contribution in [3.05, 3.63) is 11.9 Å². The van der Waals surface area contributed by atoms with Crippen LogP contribution in [0.2, 0.25) is 0 Å². The van der Waals surface area contributed by atoms with E-state index < -0.39 is 5.97 Å². The summed E-state index contributed by atoms with van der Waals surface area (Å²) in [5, 5.41) is 12.4. The number of carbonyl (C=O) groups is 1. The molecule has 0 bridgehead atoms. The summed E-state index contributed by atoms with van der Waals surface area (Å²) in [5.41, 5.74) is 0. The lowest BCUT2D eigenvalue weighted by Crippen LogP contribution is -2.37. The molecule has 22 heavy (non-hydrogen) atoms. The number of piperidine rings is 1. The van der Waals surface area contributed by atoms with E-state index in [1.54, 1.807) is 0 Å². The number of anilines is 2. The first kappa shape index (κ1) is 16.5. The van der Waals surface area contributed by atoms with E-state index in [4.69, 9.17) is 5.11 Å². The second-order valence-electron chi connectivity index (χ2n) is 5.89. The van der Waals surface area contributed by atoms with Gasteiger partial charge in [-0.3, -0.25) is 4.79 Å². The predicted molar refractivity (Wildman–Crippen MR) is 87.4 cm³/mol. The number of aliphatic carboxylic acids is 1. The van der Waals surface area contributed by atoms with E-state index in [0.717, 1.165) is 43.5 Å². The Labute approximate surface area is 132 Å². The van der Waals surface area contributed by atoms with Gasteiger partial charge in [0.15, 0.2) is 0 Å². The van der Waals surface area contributed by atoms with Crippen molar-refractivity contribution in [1.82, 2.24) is 9.97 Å². The largest absolute Gasteiger partial charge is 0.481 e. The minimum Gasteiger partial charge on any atom is -0.481 e. The molecule has 1 aliphatic rings. The summed E-state index contributed by atoms with van der Waals surface area (Å²) < 4.78 is 0. The maximum Gasteiger partial charge on any atom is 0.306 e. The van der Waals surface area contributed by atoms with Gasteiger partial charge in [-0.15, -0.1) is 0 Å². The molecule has 122 valence electrons. The molecule has 6 heteroatoms. The maximum atomic E-state index is 11.0. The van der Waals surface area contributed by atoms with Crippen molar-refractivity contribution in [2.45, 2.75) is 46.0 Å². The summed E-state index contributed by atoms with van der Waals surface area (Å²) in [5.74, 6) is 1.60. The van der Waals surface area contributed by atoms with Crippen LogP contribution >= 0.6 is 0 Å². The van der Waals surface area contributed by atoms with E-state index in [2.05, 4.69) is 27.1 Å². The van der Waals surface area contributed by atoms with Gasteiger partial charge in [0.2, 0.25) is 0 Å². The number of carboxylic acid groups (broad SMARTS) is 1. The molecule has 1 aromatic rings. The summed E-state index contributed by atoms with van der Waals surface area (Å²) in [6.45, 7) is 6.48. The van der Waals surface area contributed by atoms with Crippen LogP contribution in [0.1, 0.15) is 44.9 Å². The summed E-state index contributed by atoms with van der Waals surface area (Å²) in [6, 6.07) is 1.97. The highest BCUT2D eigenvalue weighted by Gasteiger charge is 2.25. The Morgan fingerprint density at radius 1 is 1.36 bits per heavy atom. The van der Waals surface area contributed by atoms with Gasteiger partial charge in [0, 0.05) is 25.7 Å². The quantitative estimate of drug-likeness (QED) is 0.754. The van der Waals surface area contributed by atoms with Crippen LogP contribution in [0.15, 0.2) is 6.07 Å². The SMILES string of the molecule is CCCCCNc1cc(N2CCC(C(=O)O)CC2)nc(C)n1. The lowest BCUT2D eigenvalue weighted by Gasteiger charge is -2.31. The summed E-state index contributed by atoms with van der Waals surface area (Å²) in [7, 11) is 0. The number of carboxylic acids is 1. The Balaban J connectivity index is 1.96. The lowest BCUT2D eigenvalue weighted by atomic mass is 9.97. The van der Waals surface area contributed by atoms with Crippen LogP contribution in [-0.2, 0) is 4.79 Å². The van der Waals surface area contributed by atoms with Crippen LogP contribution in [0, 0.1) is 12.8 Å². The van der Waals surface area contributed by atoms with E-state index in [9.17, 15) is 4.79 Å². The third kappa shape index (κ3) is 4.58. The number of hydrogen-bond acceptors (Lipinski definition) is 5. The van der Waals surface area contributed by atoms with Gasteiger partial charge >= 0.3 is 5.97 Å². The van der Waals surface area contributed by atoms with Crippen LogP contribution < -0.4 is 10.2 Å². The molecule has 0 amide bonds. The zero-order chi connectivity index (χ0) is 15.9. The Morgan fingerprint density at radius 2 is 2.09 bits per heavy atom. The van der Waals surface area contributed by atoms with Gasteiger partial charge in [-0.05, 0) is 26.2 Å². The molecule has 1 aromatic heterocycles. The Hall–Kier alpha value is -1.85. The molecular formula is C16H26N4O2. The van der Waals surface area contributed by atoms with Gasteiger partial charge in [0.25, 0.3) is 0 Å². The topological polar surface area (TPSA) is 78.4 Å². The van der Waals surface area contributed by atoms with Gasteiger partial charge in [-0.25, -0.2) is 9.97 Å². The maximum absolute atomic E-state index is 11.0. The van der Waals surface area contributed by atoms with Crippen molar-refractivity contribution in [3.8, 4) is 0 Å². The molecule has 0 atom stereocenters. The van der Waals surface area contributed by atoms with E-state index in [0.29, 0.717) is 12.8 Å². The molecule has 1 fully saturated rings. The molecule has 2 rings (SSSR count). The van der Waals surface area contributed by atoms with Crippen molar-refractivity contribution >= 4 is 17.6 Å². The fourth-order valence-corrected chi connectivity index (χ4v) is 2.75. The van der Waals surface area contributed by atoms with Crippen LogP contribution in [0.25, 0.3) is 0 Å². The molecule has 2 N–H and O–H groups in total. The number of rotatable bonds is 7. The fraction of sp³-hybridized carbons (Fsp3) is 0.688. The normalized spacial score (nSPS) is 15.8. The minimum atomic E-state index is -0.684. The number of nitrogens with one attached hydrogen (secondary N) is 1. The first-order chi connectivity index (χ1) is 10.6. The minimum absolute atomic E-state index is 0.217. The van der Waals surface area contributed by atoms with Crippen LogP contribution in [0.4, 0.5) is 11.6 Å². The van der Waals surface area contributed by atoms with Crippen LogP contribution in [0.5, 0.6) is 0 Å². The average molecular weight is 306 g/mol. The summed E-state index contributed by atoms with van der Waals surface area (Å²) >= 11 is 0. The van der Waals surface area contributed by atoms with Crippen LogP contribution in [0.3, 0.4) is 0 Å². The fourth-order valence-electron chi connectivity index (χ4n) is 2.75. The van der Waals surface area contributed by atoms with Crippen molar-refractivity contribution in [1.29, 1.82) is 0 Å². The predicted octanol–water partition coefficient (Wildman–Crippen LogP) is 2.69. The van der Waals surface area contributed by atoms with Crippen LogP contribution in [-0.4, -0.2) is 40.7 Å². The zero-order valence-electron chi connectivity index (χ0n) is 13.5. The van der Waals surface area contributed by atoms with E-state index in [-0.39, 0.29) is 5.92 Å². The number of hydrogen-bond donors (Lipinski definition) is 2. The first-order valence-corrected chi connectivity index (χ1v) is 8.17. The van der Waals surface area contributed by atoms with Gasteiger partial charge in [-0.1, -0.05) is 19.8 Å². The number of nitrogens with zero attached hydrogens (tertiary/aromatic N) is 3. The molecule has 2 heterocycles. The highest BCUT2D eigenvalue weighted by atomic mass is 16.4. The highest BCUT2D eigenvalue weighted by Crippen LogP contribution is 2.23. The van der Waals surface area contributed by atoms with E-state index in [1.807, 2.05) is 13.0 Å². The molecule has 1 saturated heterocycles. The molecule has 0 radical (unpaired) electrons. The molecule has 0 aromatic carbocycles. The zero-order valence-corrected chi connectivity index (χ0v) is 13.5. The van der Waals surface area contributed by atoms with E-state index >= 15 is 0 Å². The van der Waals surface area contributed by atoms with Crippen molar-refractivity contribution < 1.29 is 9.90 Å². The third-order valence-electron chi connectivity index (χ3n) is 4.08. The summed E-state index contributed by atoms with van der Waals surface area (Å²) in [6.07, 6.45) is 4.91. The molecule has 0 saturated carbocycles. The molecule has 0 unspecified atom stereocenters. The standard InChI is InChI=1S/C16H26N4O2/c1-3-4-5-8-17-14-11-15(19-12(2)18-14)20-9-6-13(7-10-20)16(21)22/h11,13H,3-10H2,1-2H3,(H,21,22)(H,17,18,19). The third-order valence-corrected chi connectivity index (χ3v) is 4.08. The molecule has 0 aliphatic carbocycles. The number of aromatic nitrogens is 2. The highest BCUT2D eigenvalue weighted by molar-refractivity contribution is 5.70. The second kappa shape index (κ2) is 7.96. The van der Waals surface area contributed by atoms with Gasteiger partial charge in [0.1, 0.15) is 17.5 Å². The number of aryl methyl sites for hydroxylation is 1. The molecular weight excluding hydrogens is 280 g/mol. The molecule has 1 aliphatic heterocycles. The molecule has 6 nitrogen and oxygen atoms in total. The molecule has 0 spiro atoms. The van der Waals surface area contributed by atoms with Crippen molar-refractivity contribution in [2.24, 2.45) is 5.92 Å². The Kier molecular flexibility index (Phi) is 5.98. The van der Waals surface area contributed by atoms with E-state index in [1.165, 1.54) is 12.8 Å². The smallest absolute Gasteiger partial charge is 0.306 e. The van der Waals surface area contributed by atoms with Gasteiger partial charge < -0.3 is 15.3 Å². The Morgan fingerprint density at radius 3 is 2.73 bits per heavy atom. The van der Waals surface area contributed by atoms with Gasteiger partial charge in [0.05, 0.1) is 5.92 Å². The van der Waals surface area contributed by atoms with Gasteiger partial charge in [-0.2, -0.15) is 0 Å². The van der Waals surface area contributed by atoms with Crippen molar-refractivity contribution in [2.75, 3.05) is 29.9 Å². The summed E-state index contributed by atoms with van der Waals surface area (Å²) in [4.78, 5) is 22.1. The second-order valence-corrected chi connectivity index (χ2v) is 5.89. The Bertz CT molecular complexity index is 499. The monoisotopic (exact) mass is 306 g/mol. The first-order valence-electron chi connectivity index (χ1n) is 8.17. The lowest BCUT2D eigenvalue weighted by molar-refractivity contribution is -0.142. The average Bonchev–Trinajstić information content (AvgIpc) is 2.51. The van der Waals surface area contributed by atoms with Crippen molar-refractivity contribution in [3.63, 3.8) is 0 Å². The number of unbranched alkanes of at least 4 members (excludes halogenated alkanes) is 2.